The van der Waals surface area contributed by atoms with E-state index in [-0.39, 0.29) is 0 Å². The molecule has 1 saturated carbocycles. The van der Waals surface area contributed by atoms with E-state index < -0.39 is 0 Å². The number of hydrogen-bond acceptors (Lipinski definition) is 0. The van der Waals surface area contributed by atoms with Crippen LogP contribution in [-0.4, -0.2) is 4.98 Å². The first-order chi connectivity index (χ1) is 11.4. The first-order valence-electron chi connectivity index (χ1n) is 10.0. The molecule has 0 radical (unpaired) electrons. The van der Waals surface area contributed by atoms with Gasteiger partial charge in [-0.3, -0.25) is 0 Å². The third-order valence-corrected chi connectivity index (χ3v) is 6.37. The zero-order valence-corrected chi connectivity index (χ0v) is 14.4. The zero-order chi connectivity index (χ0) is 15.5. The van der Waals surface area contributed by atoms with Crippen molar-refractivity contribution in [2.75, 3.05) is 0 Å². The summed E-state index contributed by atoms with van der Waals surface area (Å²) in [5.41, 5.74) is 4.60. The summed E-state index contributed by atoms with van der Waals surface area (Å²) in [6, 6.07) is 8.97. The lowest BCUT2D eigenvalue weighted by Gasteiger charge is -2.24. The molecule has 2 aromatic rings. The summed E-state index contributed by atoms with van der Waals surface area (Å²) in [5.74, 6) is 1.75. The van der Waals surface area contributed by atoms with Crippen LogP contribution in [0.3, 0.4) is 0 Å². The van der Waals surface area contributed by atoms with Gasteiger partial charge in [0.05, 0.1) is 0 Å². The van der Waals surface area contributed by atoms with E-state index in [1.54, 1.807) is 11.3 Å². The minimum Gasteiger partial charge on any atom is -0.358 e. The topological polar surface area (TPSA) is 15.8 Å². The summed E-state index contributed by atoms with van der Waals surface area (Å²) in [5, 5.41) is 1.51. The van der Waals surface area contributed by atoms with Crippen LogP contribution in [0.5, 0.6) is 0 Å². The lowest BCUT2D eigenvalue weighted by atomic mass is 9.80. The molecule has 1 N–H and O–H groups in total. The predicted octanol–water partition coefficient (Wildman–Crippen LogP) is 6.73. The van der Waals surface area contributed by atoms with Crippen molar-refractivity contribution >= 4 is 10.9 Å². The van der Waals surface area contributed by atoms with E-state index in [1.165, 1.54) is 88.0 Å². The van der Waals surface area contributed by atoms with Crippen molar-refractivity contribution < 1.29 is 0 Å². The van der Waals surface area contributed by atoms with Gasteiger partial charge in [-0.05, 0) is 49.1 Å². The lowest BCUT2D eigenvalue weighted by Crippen LogP contribution is -2.11. The van der Waals surface area contributed by atoms with Gasteiger partial charge >= 0.3 is 0 Å². The van der Waals surface area contributed by atoms with Gasteiger partial charge in [0.1, 0.15) is 0 Å². The Bertz CT molecular complexity index is 626. The van der Waals surface area contributed by atoms with Crippen LogP contribution in [-0.2, 0) is 6.42 Å². The van der Waals surface area contributed by atoms with E-state index in [0.717, 1.165) is 11.8 Å². The molecule has 0 amide bonds. The van der Waals surface area contributed by atoms with Crippen molar-refractivity contribution in [3.63, 3.8) is 0 Å². The fourth-order valence-corrected chi connectivity index (χ4v) is 5.18. The maximum atomic E-state index is 3.71. The summed E-state index contributed by atoms with van der Waals surface area (Å²) in [4.78, 5) is 3.71. The van der Waals surface area contributed by atoms with Crippen molar-refractivity contribution in [3.05, 3.63) is 35.5 Å². The number of aromatic amines is 1. The summed E-state index contributed by atoms with van der Waals surface area (Å²) in [7, 11) is 0. The second-order valence-electron chi connectivity index (χ2n) is 7.87. The molecule has 1 atom stereocenters. The van der Waals surface area contributed by atoms with E-state index in [2.05, 4.69) is 29.2 Å². The molecule has 1 heterocycles. The Hall–Kier alpha value is -1.24. The van der Waals surface area contributed by atoms with Crippen LogP contribution >= 0.6 is 0 Å². The molecule has 2 aliphatic rings. The molecular weight excluding hydrogens is 278 g/mol. The quantitative estimate of drug-likeness (QED) is 0.601. The Morgan fingerprint density at radius 1 is 0.739 bits per heavy atom. The van der Waals surface area contributed by atoms with Crippen LogP contribution < -0.4 is 0 Å². The minimum absolute atomic E-state index is 0.821. The second-order valence-corrected chi connectivity index (χ2v) is 7.87. The van der Waals surface area contributed by atoms with Crippen LogP contribution in [0.15, 0.2) is 24.3 Å². The summed E-state index contributed by atoms with van der Waals surface area (Å²) < 4.78 is 0. The lowest BCUT2D eigenvalue weighted by molar-refractivity contribution is 0.346. The normalized spacial score (nSPS) is 24.4. The zero-order valence-electron chi connectivity index (χ0n) is 14.4. The van der Waals surface area contributed by atoms with Gasteiger partial charge < -0.3 is 4.98 Å². The van der Waals surface area contributed by atoms with Gasteiger partial charge in [-0.15, -0.1) is 0 Å². The van der Waals surface area contributed by atoms with Crippen LogP contribution in [0.4, 0.5) is 0 Å². The van der Waals surface area contributed by atoms with Crippen molar-refractivity contribution in [2.45, 2.75) is 83.0 Å². The largest absolute Gasteiger partial charge is 0.358 e. The van der Waals surface area contributed by atoms with Crippen molar-refractivity contribution in [1.29, 1.82) is 0 Å². The molecule has 23 heavy (non-hydrogen) atoms. The molecule has 1 unspecified atom stereocenters. The van der Waals surface area contributed by atoms with Gasteiger partial charge in [-0.2, -0.15) is 0 Å². The van der Waals surface area contributed by atoms with E-state index in [0.29, 0.717) is 0 Å². The number of rotatable bonds is 1. The van der Waals surface area contributed by atoms with Gasteiger partial charge in [0, 0.05) is 16.6 Å². The molecule has 0 aliphatic heterocycles. The molecule has 4 rings (SSSR count). The first kappa shape index (κ1) is 15.3. The second kappa shape index (κ2) is 7.11. The maximum Gasteiger partial charge on any atom is 0.0459 e. The smallest absolute Gasteiger partial charge is 0.0459 e. The number of benzene rings is 1. The Morgan fingerprint density at radius 3 is 2.13 bits per heavy atom. The van der Waals surface area contributed by atoms with Crippen LogP contribution in [0.2, 0.25) is 0 Å². The molecular formula is C22H31N. The molecule has 0 bridgehead atoms. The molecule has 1 heteroatoms. The molecule has 1 nitrogen and oxygen atoms in total. The molecule has 1 fully saturated rings. The molecule has 1 aromatic heterocycles. The van der Waals surface area contributed by atoms with E-state index in [1.807, 2.05) is 0 Å². The van der Waals surface area contributed by atoms with Crippen molar-refractivity contribution in [1.82, 2.24) is 4.98 Å². The first-order valence-corrected chi connectivity index (χ1v) is 10.0. The molecule has 0 saturated heterocycles. The number of para-hydroxylation sites is 1. The third-order valence-electron chi connectivity index (χ3n) is 6.37. The van der Waals surface area contributed by atoms with E-state index in [9.17, 15) is 0 Å². The Kier molecular flexibility index (Phi) is 4.73. The van der Waals surface area contributed by atoms with Crippen LogP contribution in [0.25, 0.3) is 10.9 Å². The van der Waals surface area contributed by atoms with Gasteiger partial charge in [-0.25, -0.2) is 0 Å². The standard InChI is InChI=1S/C22H31N/c1-2-4-6-8-12-17(11-7-5-3-1)18-15-16-21-22(18)19-13-9-10-14-20(19)23-21/h9-10,13-14,17-18,23H,1-8,11-12,15-16H2. The monoisotopic (exact) mass is 309 g/mol. The molecule has 0 spiro atoms. The number of H-pyrrole nitrogens is 1. The fourth-order valence-electron chi connectivity index (χ4n) is 5.18. The molecule has 1 aromatic carbocycles. The third kappa shape index (κ3) is 3.20. The number of fused-ring (bicyclic) bond motifs is 3. The Balaban J connectivity index is 1.57. The fraction of sp³-hybridized carbons (Fsp3) is 0.636. The summed E-state index contributed by atoms with van der Waals surface area (Å²) in [6.07, 6.45) is 17.3. The van der Waals surface area contributed by atoms with Crippen molar-refractivity contribution in [2.24, 2.45) is 5.92 Å². The highest BCUT2D eigenvalue weighted by atomic mass is 14.7. The molecule has 2 aliphatic carbocycles. The highest BCUT2D eigenvalue weighted by Gasteiger charge is 2.32. The Labute approximate surface area is 140 Å². The van der Waals surface area contributed by atoms with Crippen LogP contribution in [0.1, 0.15) is 87.8 Å². The average molecular weight is 309 g/mol. The highest BCUT2D eigenvalue weighted by Crippen LogP contribution is 2.45. The maximum absolute atomic E-state index is 3.71. The number of nitrogens with one attached hydrogen (secondary N) is 1. The van der Waals surface area contributed by atoms with E-state index >= 15 is 0 Å². The SMILES string of the molecule is c1ccc2c3c([nH]c2c1)CCC3C1CCCCCCCCCC1. The van der Waals surface area contributed by atoms with Gasteiger partial charge in [0.2, 0.25) is 0 Å². The van der Waals surface area contributed by atoms with Gasteiger partial charge in [0.25, 0.3) is 0 Å². The summed E-state index contributed by atoms with van der Waals surface area (Å²) >= 11 is 0. The highest BCUT2D eigenvalue weighted by molar-refractivity contribution is 5.85. The minimum atomic E-state index is 0.821. The number of hydrogen-bond donors (Lipinski definition) is 1. The van der Waals surface area contributed by atoms with Crippen molar-refractivity contribution in [3.8, 4) is 0 Å². The predicted molar refractivity (Wildman–Crippen MR) is 99.0 cm³/mol. The average Bonchev–Trinajstić information content (AvgIpc) is 3.11. The van der Waals surface area contributed by atoms with Gasteiger partial charge in [0.15, 0.2) is 0 Å². The Morgan fingerprint density at radius 2 is 1.39 bits per heavy atom. The number of aryl methyl sites for hydroxylation is 1. The summed E-state index contributed by atoms with van der Waals surface area (Å²) in [6.45, 7) is 0. The van der Waals surface area contributed by atoms with Gasteiger partial charge in [-0.1, -0.05) is 69.6 Å². The molecule has 124 valence electrons. The number of aromatic nitrogens is 1. The van der Waals surface area contributed by atoms with E-state index in [4.69, 9.17) is 0 Å². The van der Waals surface area contributed by atoms with Crippen LogP contribution in [0, 0.1) is 5.92 Å².